The van der Waals surface area contributed by atoms with Crippen molar-refractivity contribution in [3.05, 3.63) is 28.3 Å². The first-order valence-corrected chi connectivity index (χ1v) is 4.02. The molecule has 14 heavy (non-hydrogen) atoms. The van der Waals surface area contributed by atoms with Gasteiger partial charge in [0.05, 0.1) is 6.61 Å². The second-order valence-electron chi connectivity index (χ2n) is 2.33. The zero-order valence-corrected chi connectivity index (χ0v) is 7.76. The van der Waals surface area contributed by atoms with E-state index in [2.05, 4.69) is 4.74 Å². The van der Waals surface area contributed by atoms with Crippen molar-refractivity contribution in [3.63, 3.8) is 0 Å². The highest BCUT2D eigenvalue weighted by atomic mass is 35.5. The molecule has 0 amide bonds. The molecule has 0 fully saturated rings. The van der Waals surface area contributed by atoms with Gasteiger partial charge in [0.2, 0.25) is 11.6 Å². The Morgan fingerprint density at radius 2 is 1.43 bits per heavy atom. The summed E-state index contributed by atoms with van der Waals surface area (Å²) in [6.07, 6.45) is 0. The molecule has 0 spiro atoms. The molecule has 0 aliphatic carbocycles. The van der Waals surface area contributed by atoms with Crippen LogP contribution in [0.15, 0.2) is 0 Å². The number of rotatable bonds is 2. The van der Waals surface area contributed by atoms with Crippen LogP contribution in [0.1, 0.15) is 6.92 Å². The number of hydrogen-bond acceptors (Lipinski definition) is 1. The van der Waals surface area contributed by atoms with Gasteiger partial charge in [0, 0.05) is 0 Å². The summed E-state index contributed by atoms with van der Waals surface area (Å²) in [6.45, 7) is 1.30. The first-order chi connectivity index (χ1) is 6.50. The molecule has 1 rings (SSSR count). The molecule has 6 heteroatoms. The molecule has 1 aromatic carbocycles. The summed E-state index contributed by atoms with van der Waals surface area (Å²) in [7, 11) is 0. The average Bonchev–Trinajstić information content (AvgIpc) is 2.19. The molecule has 0 saturated heterocycles. The highest BCUT2D eigenvalue weighted by molar-refractivity contribution is 6.30. The van der Waals surface area contributed by atoms with Crippen LogP contribution in [0, 0.1) is 23.3 Å². The van der Waals surface area contributed by atoms with Gasteiger partial charge < -0.3 is 4.74 Å². The molecular weight excluding hydrogens is 224 g/mol. The van der Waals surface area contributed by atoms with Crippen LogP contribution in [0.2, 0.25) is 5.02 Å². The second-order valence-corrected chi connectivity index (χ2v) is 2.71. The molecule has 0 bridgehead atoms. The highest BCUT2D eigenvalue weighted by Crippen LogP contribution is 2.32. The summed E-state index contributed by atoms with van der Waals surface area (Å²) < 4.78 is 55.7. The molecule has 0 aromatic heterocycles. The Hall–Kier alpha value is -0.970. The van der Waals surface area contributed by atoms with Gasteiger partial charge in [0.15, 0.2) is 17.4 Å². The minimum atomic E-state index is -1.66. The maximum absolute atomic E-state index is 12.9. The standard InChI is InChI=1S/C8H5ClF4O/c1-2-14-8-6(12)4(10)3(9)5(11)7(8)13/h2H2,1H3. The number of halogens is 5. The minimum Gasteiger partial charge on any atom is -0.488 e. The largest absolute Gasteiger partial charge is 0.488 e. The maximum Gasteiger partial charge on any atom is 0.205 e. The van der Waals surface area contributed by atoms with E-state index < -0.39 is 34.0 Å². The first kappa shape index (κ1) is 11.1. The van der Waals surface area contributed by atoms with E-state index in [1.165, 1.54) is 6.92 Å². The van der Waals surface area contributed by atoms with Gasteiger partial charge in [-0.05, 0) is 6.92 Å². The van der Waals surface area contributed by atoms with Gasteiger partial charge in [-0.2, -0.15) is 8.78 Å². The molecule has 0 heterocycles. The Labute approximate surface area is 82.2 Å². The Bertz CT molecular complexity index is 338. The van der Waals surface area contributed by atoms with E-state index in [1.807, 2.05) is 0 Å². The summed E-state index contributed by atoms with van der Waals surface area (Å²) in [6, 6.07) is 0. The van der Waals surface area contributed by atoms with E-state index in [0.717, 1.165) is 0 Å². The van der Waals surface area contributed by atoms with E-state index >= 15 is 0 Å². The summed E-state index contributed by atoms with van der Waals surface area (Å²) in [5, 5.41) is -1.22. The summed E-state index contributed by atoms with van der Waals surface area (Å²) in [4.78, 5) is 0. The van der Waals surface area contributed by atoms with Crippen molar-refractivity contribution in [3.8, 4) is 5.75 Å². The smallest absolute Gasteiger partial charge is 0.205 e. The SMILES string of the molecule is CCOc1c(F)c(F)c(Cl)c(F)c1F. The first-order valence-electron chi connectivity index (χ1n) is 3.64. The molecule has 0 unspecified atom stereocenters. The van der Waals surface area contributed by atoms with E-state index in [9.17, 15) is 17.6 Å². The number of ether oxygens (including phenoxy) is 1. The topological polar surface area (TPSA) is 9.23 Å². The zero-order valence-electron chi connectivity index (χ0n) is 7.01. The Morgan fingerprint density at radius 3 is 1.79 bits per heavy atom. The summed E-state index contributed by atoms with van der Waals surface area (Å²) in [5.74, 6) is -7.67. The van der Waals surface area contributed by atoms with Gasteiger partial charge >= 0.3 is 0 Å². The average molecular weight is 229 g/mol. The molecule has 0 aliphatic rings. The predicted molar refractivity (Wildman–Crippen MR) is 42.5 cm³/mol. The van der Waals surface area contributed by atoms with Crippen LogP contribution in [0.5, 0.6) is 5.75 Å². The summed E-state index contributed by atoms with van der Waals surface area (Å²) >= 11 is 4.97. The monoisotopic (exact) mass is 228 g/mol. The lowest BCUT2D eigenvalue weighted by Gasteiger charge is -2.08. The van der Waals surface area contributed by atoms with Gasteiger partial charge in [0.1, 0.15) is 5.02 Å². The fraction of sp³-hybridized carbons (Fsp3) is 0.250. The lowest BCUT2D eigenvalue weighted by Crippen LogP contribution is -2.04. The van der Waals surface area contributed by atoms with Crippen molar-refractivity contribution >= 4 is 11.6 Å². The molecule has 0 radical (unpaired) electrons. The number of benzene rings is 1. The van der Waals surface area contributed by atoms with Crippen molar-refractivity contribution < 1.29 is 22.3 Å². The van der Waals surface area contributed by atoms with Crippen LogP contribution >= 0.6 is 11.6 Å². The normalized spacial score (nSPS) is 10.4. The van der Waals surface area contributed by atoms with Crippen molar-refractivity contribution in [2.45, 2.75) is 6.92 Å². The lowest BCUT2D eigenvalue weighted by atomic mass is 10.3. The van der Waals surface area contributed by atoms with E-state index in [4.69, 9.17) is 11.6 Å². The van der Waals surface area contributed by atoms with Gasteiger partial charge in [-0.15, -0.1) is 0 Å². The van der Waals surface area contributed by atoms with Gasteiger partial charge in [-0.3, -0.25) is 0 Å². The maximum atomic E-state index is 12.9. The summed E-state index contributed by atoms with van der Waals surface area (Å²) in [5.41, 5.74) is 0. The number of hydrogen-bond donors (Lipinski definition) is 0. The Kier molecular flexibility index (Phi) is 3.21. The van der Waals surface area contributed by atoms with Crippen LogP contribution < -0.4 is 4.74 Å². The predicted octanol–water partition coefficient (Wildman–Crippen LogP) is 3.30. The lowest BCUT2D eigenvalue weighted by molar-refractivity contribution is 0.287. The second kappa shape index (κ2) is 4.04. The third kappa shape index (κ3) is 1.64. The molecule has 0 aliphatic heterocycles. The minimum absolute atomic E-state index is 0.117. The van der Waals surface area contributed by atoms with Crippen LogP contribution in [0.25, 0.3) is 0 Å². The van der Waals surface area contributed by atoms with Crippen LogP contribution in [0.4, 0.5) is 17.6 Å². The van der Waals surface area contributed by atoms with Crippen molar-refractivity contribution in [2.75, 3.05) is 6.61 Å². The molecule has 0 atom stereocenters. The van der Waals surface area contributed by atoms with Gasteiger partial charge in [-0.25, -0.2) is 8.78 Å². The molecule has 1 aromatic rings. The third-order valence-corrected chi connectivity index (χ3v) is 1.79. The van der Waals surface area contributed by atoms with Gasteiger partial charge in [0.25, 0.3) is 0 Å². The van der Waals surface area contributed by atoms with E-state index in [-0.39, 0.29) is 6.61 Å². The van der Waals surface area contributed by atoms with Crippen LogP contribution in [0.3, 0.4) is 0 Å². The van der Waals surface area contributed by atoms with Gasteiger partial charge in [-0.1, -0.05) is 11.6 Å². The van der Waals surface area contributed by atoms with E-state index in [1.54, 1.807) is 0 Å². The quantitative estimate of drug-likeness (QED) is 0.429. The van der Waals surface area contributed by atoms with Crippen molar-refractivity contribution in [2.24, 2.45) is 0 Å². The zero-order chi connectivity index (χ0) is 10.9. The molecular formula is C8H5ClF4O. The van der Waals surface area contributed by atoms with Crippen LogP contribution in [-0.4, -0.2) is 6.61 Å². The fourth-order valence-corrected chi connectivity index (χ4v) is 1.02. The highest BCUT2D eigenvalue weighted by Gasteiger charge is 2.25. The van der Waals surface area contributed by atoms with E-state index in [0.29, 0.717) is 0 Å². The fourth-order valence-electron chi connectivity index (χ4n) is 0.856. The van der Waals surface area contributed by atoms with Crippen LogP contribution in [-0.2, 0) is 0 Å². The Morgan fingerprint density at radius 1 is 1.00 bits per heavy atom. The van der Waals surface area contributed by atoms with Crippen molar-refractivity contribution in [1.29, 1.82) is 0 Å². The van der Waals surface area contributed by atoms with Crippen molar-refractivity contribution in [1.82, 2.24) is 0 Å². The molecule has 1 nitrogen and oxygen atoms in total. The molecule has 0 N–H and O–H groups in total. The Balaban J connectivity index is 3.43. The third-order valence-electron chi connectivity index (χ3n) is 1.46. The molecule has 0 saturated carbocycles. The molecule has 78 valence electrons.